The standard InChI is InChI=1S/C18H20N2O4/c1-20(18(21)19-23-12-14-7-3-2-4-8-14)11-15-13-22-16-9-5-6-10-17(16)24-15/h2-10,15H,11-13H2,1H3,(H,19,21). The second kappa shape index (κ2) is 7.70. The maximum Gasteiger partial charge on any atom is 0.341 e. The van der Waals surface area contributed by atoms with Crippen LogP contribution < -0.4 is 15.0 Å². The molecule has 24 heavy (non-hydrogen) atoms. The molecule has 3 rings (SSSR count). The third kappa shape index (κ3) is 4.17. The molecule has 0 fully saturated rings. The lowest BCUT2D eigenvalue weighted by atomic mass is 10.2. The number of urea groups is 1. The number of carbonyl (C=O) groups excluding carboxylic acids is 1. The number of amides is 2. The summed E-state index contributed by atoms with van der Waals surface area (Å²) in [6, 6.07) is 16.8. The van der Waals surface area contributed by atoms with Gasteiger partial charge in [0.2, 0.25) is 0 Å². The van der Waals surface area contributed by atoms with Gasteiger partial charge < -0.3 is 14.4 Å². The van der Waals surface area contributed by atoms with E-state index in [-0.39, 0.29) is 12.1 Å². The number of hydroxylamine groups is 1. The van der Waals surface area contributed by atoms with Gasteiger partial charge in [-0.3, -0.25) is 4.84 Å². The molecule has 0 bridgehead atoms. The Morgan fingerprint density at radius 2 is 1.88 bits per heavy atom. The van der Waals surface area contributed by atoms with Crippen molar-refractivity contribution >= 4 is 6.03 Å². The summed E-state index contributed by atoms with van der Waals surface area (Å²) in [4.78, 5) is 18.8. The van der Waals surface area contributed by atoms with E-state index >= 15 is 0 Å². The smallest absolute Gasteiger partial charge is 0.341 e. The number of nitrogens with zero attached hydrogens (tertiary/aromatic N) is 1. The van der Waals surface area contributed by atoms with Crippen LogP contribution in [-0.4, -0.2) is 37.2 Å². The number of carbonyl (C=O) groups is 1. The first-order chi connectivity index (χ1) is 11.7. The predicted molar refractivity (Wildman–Crippen MR) is 88.7 cm³/mol. The lowest BCUT2D eigenvalue weighted by Crippen LogP contribution is -2.45. The average molecular weight is 328 g/mol. The van der Waals surface area contributed by atoms with Crippen LogP contribution in [0, 0.1) is 0 Å². The summed E-state index contributed by atoms with van der Waals surface area (Å²) >= 11 is 0. The molecule has 0 radical (unpaired) electrons. The van der Waals surface area contributed by atoms with E-state index < -0.39 is 0 Å². The van der Waals surface area contributed by atoms with Crippen LogP contribution in [0.15, 0.2) is 54.6 Å². The molecular weight excluding hydrogens is 308 g/mol. The highest BCUT2D eigenvalue weighted by Gasteiger charge is 2.23. The van der Waals surface area contributed by atoms with Crippen molar-refractivity contribution < 1.29 is 19.1 Å². The summed E-state index contributed by atoms with van der Waals surface area (Å²) in [6.45, 7) is 1.12. The Morgan fingerprint density at radius 3 is 2.67 bits per heavy atom. The van der Waals surface area contributed by atoms with Crippen molar-refractivity contribution in [3.63, 3.8) is 0 Å². The molecule has 0 saturated heterocycles. The van der Waals surface area contributed by atoms with Crippen molar-refractivity contribution in [3.8, 4) is 11.5 Å². The van der Waals surface area contributed by atoms with Crippen LogP contribution in [0.5, 0.6) is 11.5 Å². The van der Waals surface area contributed by atoms with E-state index in [9.17, 15) is 4.79 Å². The first-order valence-electron chi connectivity index (χ1n) is 7.77. The van der Waals surface area contributed by atoms with Crippen LogP contribution >= 0.6 is 0 Å². The summed E-state index contributed by atoms with van der Waals surface area (Å²) < 4.78 is 11.5. The lowest BCUT2D eigenvalue weighted by Gasteiger charge is -2.29. The van der Waals surface area contributed by atoms with Gasteiger partial charge in [0.1, 0.15) is 6.61 Å². The number of hydrogen-bond donors (Lipinski definition) is 1. The van der Waals surface area contributed by atoms with Crippen molar-refractivity contribution in [3.05, 3.63) is 60.2 Å². The molecule has 0 aliphatic carbocycles. The Morgan fingerprint density at radius 1 is 1.17 bits per heavy atom. The highest BCUT2D eigenvalue weighted by Crippen LogP contribution is 2.30. The number of rotatable bonds is 5. The molecule has 1 atom stereocenters. The van der Waals surface area contributed by atoms with E-state index in [1.807, 2.05) is 54.6 Å². The van der Waals surface area contributed by atoms with Gasteiger partial charge in [0.15, 0.2) is 17.6 Å². The fraction of sp³-hybridized carbons (Fsp3) is 0.278. The van der Waals surface area contributed by atoms with Gasteiger partial charge in [-0.05, 0) is 17.7 Å². The number of likely N-dealkylation sites (N-methyl/N-ethyl adjacent to an activating group) is 1. The summed E-state index contributed by atoms with van der Waals surface area (Å²) in [5.74, 6) is 1.43. The van der Waals surface area contributed by atoms with Gasteiger partial charge >= 0.3 is 6.03 Å². The molecule has 1 aliphatic rings. The quantitative estimate of drug-likeness (QED) is 0.857. The minimum absolute atomic E-state index is 0.218. The zero-order valence-corrected chi connectivity index (χ0v) is 13.5. The van der Waals surface area contributed by atoms with E-state index in [0.717, 1.165) is 11.3 Å². The molecule has 2 aromatic rings. The normalized spacial score (nSPS) is 15.6. The van der Waals surface area contributed by atoms with Crippen LogP contribution in [-0.2, 0) is 11.4 Å². The monoisotopic (exact) mass is 328 g/mol. The Labute approximate surface area is 140 Å². The highest BCUT2D eigenvalue weighted by atomic mass is 16.7. The number of para-hydroxylation sites is 2. The van der Waals surface area contributed by atoms with E-state index in [1.54, 1.807) is 7.05 Å². The molecule has 1 aliphatic heterocycles. The molecule has 6 nitrogen and oxygen atoms in total. The minimum atomic E-state index is -0.326. The van der Waals surface area contributed by atoms with Crippen molar-refractivity contribution in [2.24, 2.45) is 0 Å². The van der Waals surface area contributed by atoms with Gasteiger partial charge in [-0.2, -0.15) is 0 Å². The van der Waals surface area contributed by atoms with E-state index in [0.29, 0.717) is 25.5 Å². The van der Waals surface area contributed by atoms with E-state index in [4.69, 9.17) is 14.3 Å². The topological polar surface area (TPSA) is 60.0 Å². The molecule has 6 heteroatoms. The Bertz CT molecular complexity index is 678. The highest BCUT2D eigenvalue weighted by molar-refractivity contribution is 5.72. The molecule has 2 aromatic carbocycles. The molecule has 126 valence electrons. The van der Waals surface area contributed by atoms with Gasteiger partial charge in [-0.25, -0.2) is 10.3 Å². The number of fused-ring (bicyclic) bond motifs is 1. The fourth-order valence-electron chi connectivity index (χ4n) is 2.37. The minimum Gasteiger partial charge on any atom is -0.486 e. The first kappa shape index (κ1) is 16.1. The fourth-order valence-corrected chi connectivity index (χ4v) is 2.37. The zero-order chi connectivity index (χ0) is 16.8. The van der Waals surface area contributed by atoms with Crippen LogP contribution in [0.3, 0.4) is 0 Å². The predicted octanol–water partition coefficient (Wildman–Crippen LogP) is 2.60. The third-order valence-corrected chi connectivity index (χ3v) is 3.63. The van der Waals surface area contributed by atoms with E-state index in [2.05, 4.69) is 5.48 Å². The second-order valence-electron chi connectivity index (χ2n) is 5.56. The summed E-state index contributed by atoms with van der Waals surface area (Å²) in [7, 11) is 1.69. The average Bonchev–Trinajstić information content (AvgIpc) is 2.62. The summed E-state index contributed by atoms with van der Waals surface area (Å²) in [6.07, 6.45) is -0.218. The van der Waals surface area contributed by atoms with Crippen molar-refractivity contribution in [1.82, 2.24) is 10.4 Å². The van der Waals surface area contributed by atoms with Gasteiger partial charge in [-0.1, -0.05) is 42.5 Å². The maximum absolute atomic E-state index is 12.0. The molecule has 2 amide bonds. The largest absolute Gasteiger partial charge is 0.486 e. The molecule has 1 heterocycles. The second-order valence-corrected chi connectivity index (χ2v) is 5.56. The van der Waals surface area contributed by atoms with Crippen molar-refractivity contribution in [1.29, 1.82) is 0 Å². The van der Waals surface area contributed by atoms with Gasteiger partial charge in [-0.15, -0.1) is 0 Å². The summed E-state index contributed by atoms with van der Waals surface area (Å²) in [5.41, 5.74) is 3.42. The lowest BCUT2D eigenvalue weighted by molar-refractivity contribution is 0.0287. The Balaban J connectivity index is 1.43. The molecule has 0 aromatic heterocycles. The van der Waals surface area contributed by atoms with Gasteiger partial charge in [0.25, 0.3) is 0 Å². The molecule has 1 unspecified atom stereocenters. The number of ether oxygens (including phenoxy) is 2. The first-order valence-corrected chi connectivity index (χ1v) is 7.77. The van der Waals surface area contributed by atoms with Crippen molar-refractivity contribution in [2.75, 3.05) is 20.2 Å². The van der Waals surface area contributed by atoms with Gasteiger partial charge in [0.05, 0.1) is 13.2 Å². The van der Waals surface area contributed by atoms with Crippen LogP contribution in [0.1, 0.15) is 5.56 Å². The number of nitrogens with one attached hydrogen (secondary N) is 1. The molecule has 1 N–H and O–H groups in total. The van der Waals surface area contributed by atoms with Crippen LogP contribution in [0.25, 0.3) is 0 Å². The van der Waals surface area contributed by atoms with E-state index in [1.165, 1.54) is 4.90 Å². The number of hydrogen-bond acceptors (Lipinski definition) is 4. The maximum atomic E-state index is 12.0. The molecule has 0 spiro atoms. The van der Waals surface area contributed by atoms with Crippen LogP contribution in [0.4, 0.5) is 4.79 Å². The molecular formula is C18H20N2O4. The third-order valence-electron chi connectivity index (χ3n) is 3.63. The van der Waals surface area contributed by atoms with Crippen molar-refractivity contribution in [2.45, 2.75) is 12.7 Å². The SMILES string of the molecule is CN(CC1COc2ccccc2O1)C(=O)NOCc1ccccc1. The Hall–Kier alpha value is -2.73. The Kier molecular flexibility index (Phi) is 5.18. The zero-order valence-electron chi connectivity index (χ0n) is 13.5. The molecule has 0 saturated carbocycles. The number of benzene rings is 2. The van der Waals surface area contributed by atoms with Gasteiger partial charge in [0, 0.05) is 7.05 Å². The summed E-state index contributed by atoms with van der Waals surface area (Å²) in [5, 5.41) is 0. The van der Waals surface area contributed by atoms with Crippen LogP contribution in [0.2, 0.25) is 0 Å².